The second-order valence-corrected chi connectivity index (χ2v) is 3.88. The van der Waals surface area contributed by atoms with Gasteiger partial charge in [-0.2, -0.15) is 0 Å². The standard InChI is InChI=1S/C8H10N4S/c1-6-3-12(11-10-6)4-8-9-7(2)5-13-8/h3,5H,4H2,1-2H3. The first-order valence-electron chi connectivity index (χ1n) is 4.02. The van der Waals surface area contributed by atoms with Crippen LogP contribution in [0.25, 0.3) is 0 Å². The van der Waals surface area contributed by atoms with E-state index in [-0.39, 0.29) is 0 Å². The van der Waals surface area contributed by atoms with E-state index in [0.717, 1.165) is 22.9 Å². The van der Waals surface area contributed by atoms with E-state index in [1.54, 1.807) is 16.0 Å². The molecular formula is C8H10N4S. The number of aryl methyl sites for hydroxylation is 2. The molecule has 13 heavy (non-hydrogen) atoms. The third-order valence-electron chi connectivity index (χ3n) is 1.62. The highest BCUT2D eigenvalue weighted by atomic mass is 32.1. The Morgan fingerprint density at radius 3 is 2.77 bits per heavy atom. The number of aromatic nitrogens is 4. The smallest absolute Gasteiger partial charge is 0.114 e. The van der Waals surface area contributed by atoms with Crippen molar-refractivity contribution >= 4 is 11.3 Å². The molecule has 0 spiro atoms. The summed E-state index contributed by atoms with van der Waals surface area (Å²) in [6.07, 6.45) is 1.91. The molecule has 0 fully saturated rings. The Bertz CT molecular complexity index is 365. The van der Waals surface area contributed by atoms with E-state index in [1.165, 1.54) is 0 Å². The van der Waals surface area contributed by atoms with Crippen LogP contribution in [0.1, 0.15) is 16.4 Å². The summed E-state index contributed by atoms with van der Waals surface area (Å²) in [6.45, 7) is 4.64. The molecule has 4 nitrogen and oxygen atoms in total. The van der Waals surface area contributed by atoms with Crippen LogP contribution < -0.4 is 0 Å². The molecule has 2 heterocycles. The summed E-state index contributed by atoms with van der Waals surface area (Å²) in [5, 5.41) is 11.0. The molecule has 0 saturated heterocycles. The van der Waals surface area contributed by atoms with Crippen molar-refractivity contribution in [3.63, 3.8) is 0 Å². The number of nitrogens with zero attached hydrogens (tertiary/aromatic N) is 4. The summed E-state index contributed by atoms with van der Waals surface area (Å²) in [5.74, 6) is 0. The van der Waals surface area contributed by atoms with Gasteiger partial charge in [0, 0.05) is 17.3 Å². The second kappa shape index (κ2) is 3.26. The molecule has 2 aromatic rings. The van der Waals surface area contributed by atoms with Crippen molar-refractivity contribution in [3.05, 3.63) is 28.0 Å². The second-order valence-electron chi connectivity index (χ2n) is 2.94. The molecule has 0 amide bonds. The molecule has 0 aliphatic rings. The van der Waals surface area contributed by atoms with Crippen LogP contribution in [0.2, 0.25) is 0 Å². The van der Waals surface area contributed by atoms with Gasteiger partial charge in [0.05, 0.1) is 12.2 Å². The Hall–Kier alpha value is -1.23. The highest BCUT2D eigenvalue weighted by molar-refractivity contribution is 7.09. The lowest BCUT2D eigenvalue weighted by Gasteiger charge is -1.93. The van der Waals surface area contributed by atoms with Crippen molar-refractivity contribution in [2.45, 2.75) is 20.4 Å². The van der Waals surface area contributed by atoms with Gasteiger partial charge in [-0.1, -0.05) is 5.21 Å². The number of thiazole rings is 1. The monoisotopic (exact) mass is 194 g/mol. The van der Waals surface area contributed by atoms with Crippen molar-refractivity contribution < 1.29 is 0 Å². The first-order chi connectivity index (χ1) is 6.24. The zero-order chi connectivity index (χ0) is 9.26. The lowest BCUT2D eigenvalue weighted by Crippen LogP contribution is -1.99. The number of hydrogen-bond donors (Lipinski definition) is 0. The molecule has 0 radical (unpaired) electrons. The van der Waals surface area contributed by atoms with E-state index in [1.807, 2.05) is 25.4 Å². The minimum atomic E-state index is 0.722. The molecule has 2 rings (SSSR count). The summed E-state index contributed by atoms with van der Waals surface area (Å²) in [6, 6.07) is 0. The SMILES string of the molecule is Cc1cn(Cc2nc(C)cs2)nn1. The molecule has 0 atom stereocenters. The van der Waals surface area contributed by atoms with Crippen molar-refractivity contribution in [2.24, 2.45) is 0 Å². The molecule has 0 aliphatic carbocycles. The van der Waals surface area contributed by atoms with Gasteiger partial charge in [0.2, 0.25) is 0 Å². The molecule has 68 valence electrons. The maximum Gasteiger partial charge on any atom is 0.114 e. The van der Waals surface area contributed by atoms with Crippen LogP contribution >= 0.6 is 11.3 Å². The van der Waals surface area contributed by atoms with Gasteiger partial charge in [0.15, 0.2) is 0 Å². The fourth-order valence-electron chi connectivity index (χ4n) is 1.09. The Balaban J connectivity index is 2.14. The third kappa shape index (κ3) is 1.92. The van der Waals surface area contributed by atoms with Crippen molar-refractivity contribution in [3.8, 4) is 0 Å². The Morgan fingerprint density at radius 1 is 1.38 bits per heavy atom. The first-order valence-corrected chi connectivity index (χ1v) is 4.90. The van der Waals surface area contributed by atoms with Gasteiger partial charge in [-0.15, -0.1) is 16.4 Å². The minimum Gasteiger partial charge on any atom is -0.245 e. The molecule has 0 saturated carbocycles. The average Bonchev–Trinajstić information content (AvgIpc) is 2.62. The maximum atomic E-state index is 4.35. The van der Waals surface area contributed by atoms with Gasteiger partial charge in [-0.25, -0.2) is 9.67 Å². The van der Waals surface area contributed by atoms with Crippen LogP contribution in [0, 0.1) is 13.8 Å². The Labute approximate surface area is 80.2 Å². The van der Waals surface area contributed by atoms with Crippen molar-refractivity contribution in [1.29, 1.82) is 0 Å². The zero-order valence-electron chi connectivity index (χ0n) is 7.56. The molecule has 0 aromatic carbocycles. The van der Waals surface area contributed by atoms with E-state index < -0.39 is 0 Å². The molecule has 2 aromatic heterocycles. The lowest BCUT2D eigenvalue weighted by atomic mass is 10.5. The Morgan fingerprint density at radius 2 is 2.23 bits per heavy atom. The molecule has 0 unspecified atom stereocenters. The number of hydrogen-bond acceptors (Lipinski definition) is 4. The van der Waals surface area contributed by atoms with Gasteiger partial charge >= 0.3 is 0 Å². The zero-order valence-corrected chi connectivity index (χ0v) is 8.38. The van der Waals surface area contributed by atoms with Gasteiger partial charge in [0.1, 0.15) is 5.01 Å². The predicted molar refractivity (Wildman–Crippen MR) is 50.7 cm³/mol. The quantitative estimate of drug-likeness (QED) is 0.725. The van der Waals surface area contributed by atoms with Gasteiger partial charge in [-0.3, -0.25) is 0 Å². The maximum absolute atomic E-state index is 4.35. The first kappa shape index (κ1) is 8.37. The Kier molecular flexibility index (Phi) is 2.10. The van der Waals surface area contributed by atoms with E-state index in [9.17, 15) is 0 Å². The summed E-state index contributed by atoms with van der Waals surface area (Å²) >= 11 is 1.65. The normalized spacial score (nSPS) is 10.6. The molecule has 0 aliphatic heterocycles. The van der Waals surface area contributed by atoms with Gasteiger partial charge < -0.3 is 0 Å². The molecule has 0 bridgehead atoms. The van der Waals surface area contributed by atoms with Crippen LogP contribution in [-0.2, 0) is 6.54 Å². The molecular weight excluding hydrogens is 184 g/mol. The highest BCUT2D eigenvalue weighted by Crippen LogP contribution is 2.09. The fraction of sp³-hybridized carbons (Fsp3) is 0.375. The number of rotatable bonds is 2. The third-order valence-corrected chi connectivity index (χ3v) is 2.57. The van der Waals surface area contributed by atoms with Crippen molar-refractivity contribution in [1.82, 2.24) is 20.0 Å². The minimum absolute atomic E-state index is 0.722. The van der Waals surface area contributed by atoms with Gasteiger partial charge in [-0.05, 0) is 13.8 Å². The van der Waals surface area contributed by atoms with Crippen molar-refractivity contribution in [2.75, 3.05) is 0 Å². The fourth-order valence-corrected chi connectivity index (χ4v) is 1.85. The van der Waals surface area contributed by atoms with E-state index >= 15 is 0 Å². The van der Waals surface area contributed by atoms with Crippen LogP contribution in [-0.4, -0.2) is 20.0 Å². The summed E-state index contributed by atoms with van der Waals surface area (Å²) in [4.78, 5) is 4.35. The summed E-state index contributed by atoms with van der Waals surface area (Å²) < 4.78 is 1.80. The van der Waals surface area contributed by atoms with E-state index in [2.05, 4.69) is 15.3 Å². The summed E-state index contributed by atoms with van der Waals surface area (Å²) in [7, 11) is 0. The lowest BCUT2D eigenvalue weighted by molar-refractivity contribution is 0.646. The average molecular weight is 194 g/mol. The van der Waals surface area contributed by atoms with E-state index in [0.29, 0.717) is 0 Å². The van der Waals surface area contributed by atoms with Gasteiger partial charge in [0.25, 0.3) is 0 Å². The summed E-state index contributed by atoms with van der Waals surface area (Å²) in [5.41, 5.74) is 2.00. The topological polar surface area (TPSA) is 43.6 Å². The predicted octanol–water partition coefficient (Wildman–Crippen LogP) is 1.40. The van der Waals surface area contributed by atoms with E-state index in [4.69, 9.17) is 0 Å². The molecule has 5 heteroatoms. The van der Waals surface area contributed by atoms with Crippen LogP contribution in [0.3, 0.4) is 0 Å². The molecule has 0 N–H and O–H groups in total. The van der Waals surface area contributed by atoms with Crippen LogP contribution in [0.4, 0.5) is 0 Å². The largest absolute Gasteiger partial charge is 0.245 e. The highest BCUT2D eigenvalue weighted by Gasteiger charge is 2.01. The van der Waals surface area contributed by atoms with Crippen LogP contribution in [0.15, 0.2) is 11.6 Å². The van der Waals surface area contributed by atoms with Crippen LogP contribution in [0.5, 0.6) is 0 Å².